The number of hydrogen-bond donors (Lipinski definition) is 1. The number of ether oxygens (including phenoxy) is 2. The Morgan fingerprint density at radius 3 is 3.06 bits per heavy atom. The zero-order valence-electron chi connectivity index (χ0n) is 10.0. The van der Waals surface area contributed by atoms with Crippen molar-refractivity contribution in [2.45, 2.75) is 13.0 Å². The Bertz CT molecular complexity index is 570. The van der Waals surface area contributed by atoms with Crippen LogP contribution in [0.2, 0.25) is 0 Å². The van der Waals surface area contributed by atoms with Gasteiger partial charge in [-0.25, -0.2) is 9.97 Å². The van der Waals surface area contributed by atoms with Gasteiger partial charge in [0, 0.05) is 0 Å². The van der Waals surface area contributed by atoms with Crippen molar-refractivity contribution in [2.75, 3.05) is 13.7 Å². The van der Waals surface area contributed by atoms with E-state index in [1.165, 1.54) is 24.8 Å². The van der Waals surface area contributed by atoms with E-state index in [1.54, 1.807) is 0 Å². The van der Waals surface area contributed by atoms with Crippen molar-refractivity contribution in [3.63, 3.8) is 0 Å². The summed E-state index contributed by atoms with van der Waals surface area (Å²) in [6.07, 6.45) is 1.43. The predicted octanol–water partition coefficient (Wildman–Crippen LogP) is 0.879. The third-order valence-electron chi connectivity index (χ3n) is 2.40. The van der Waals surface area contributed by atoms with Gasteiger partial charge in [0.15, 0.2) is 0 Å². The summed E-state index contributed by atoms with van der Waals surface area (Å²) in [5, 5.41) is 1.98. The molecule has 0 aliphatic rings. The molecule has 2 heterocycles. The van der Waals surface area contributed by atoms with Crippen LogP contribution in [0.4, 0.5) is 0 Å². The molecule has 0 aliphatic carbocycles. The lowest BCUT2D eigenvalue weighted by molar-refractivity contribution is -0.142. The molecule has 0 spiro atoms. The Labute approximate surface area is 108 Å². The number of thiophene rings is 1. The Hall–Kier alpha value is -1.73. The number of nitrogens with zero attached hydrogens (tertiary/aromatic N) is 2. The van der Waals surface area contributed by atoms with Gasteiger partial charge in [-0.1, -0.05) is 0 Å². The SMILES string of the molecule is COC(=O)C(N)COc1ncnc2c(C)csc12. The summed E-state index contributed by atoms with van der Waals surface area (Å²) in [6.45, 7) is 1.99. The Kier molecular flexibility index (Phi) is 3.73. The quantitative estimate of drug-likeness (QED) is 0.827. The fourth-order valence-electron chi connectivity index (χ4n) is 1.44. The molecule has 2 rings (SSSR count). The molecule has 6 nitrogen and oxygen atoms in total. The van der Waals surface area contributed by atoms with Crippen LogP contribution in [0.15, 0.2) is 11.7 Å². The molecule has 2 aromatic rings. The lowest BCUT2D eigenvalue weighted by atomic mass is 10.3. The molecular formula is C11H13N3O3S. The van der Waals surface area contributed by atoms with E-state index in [1.807, 2.05) is 12.3 Å². The third kappa shape index (κ3) is 2.41. The third-order valence-corrected chi connectivity index (χ3v) is 3.48. The van der Waals surface area contributed by atoms with Gasteiger partial charge in [0.1, 0.15) is 23.7 Å². The second kappa shape index (κ2) is 5.28. The number of nitrogens with two attached hydrogens (primary N) is 1. The highest BCUT2D eigenvalue weighted by Crippen LogP contribution is 2.29. The first-order valence-electron chi connectivity index (χ1n) is 5.28. The van der Waals surface area contributed by atoms with E-state index < -0.39 is 12.0 Å². The average Bonchev–Trinajstić information content (AvgIpc) is 2.77. The normalized spacial score (nSPS) is 12.4. The van der Waals surface area contributed by atoms with Crippen molar-refractivity contribution in [1.29, 1.82) is 0 Å². The molecule has 0 aromatic carbocycles. The Balaban J connectivity index is 2.15. The van der Waals surface area contributed by atoms with Crippen LogP contribution < -0.4 is 10.5 Å². The highest BCUT2D eigenvalue weighted by Gasteiger charge is 2.16. The van der Waals surface area contributed by atoms with Gasteiger partial charge in [-0.05, 0) is 17.9 Å². The van der Waals surface area contributed by atoms with Crippen molar-refractivity contribution < 1.29 is 14.3 Å². The maximum Gasteiger partial charge on any atom is 0.326 e. The molecule has 2 N–H and O–H groups in total. The number of rotatable bonds is 4. The van der Waals surface area contributed by atoms with Crippen molar-refractivity contribution in [2.24, 2.45) is 5.73 Å². The average molecular weight is 267 g/mol. The molecule has 0 radical (unpaired) electrons. The number of methoxy groups -OCH3 is 1. The lowest BCUT2D eigenvalue weighted by Gasteiger charge is -2.10. The van der Waals surface area contributed by atoms with Gasteiger partial charge in [-0.2, -0.15) is 0 Å². The zero-order chi connectivity index (χ0) is 13.1. The largest absolute Gasteiger partial charge is 0.474 e. The monoisotopic (exact) mass is 267 g/mol. The van der Waals surface area contributed by atoms with Crippen LogP contribution in [0, 0.1) is 6.92 Å². The summed E-state index contributed by atoms with van der Waals surface area (Å²) in [5.41, 5.74) is 7.51. The van der Waals surface area contributed by atoms with E-state index in [-0.39, 0.29) is 6.61 Å². The van der Waals surface area contributed by atoms with Crippen LogP contribution in [-0.2, 0) is 9.53 Å². The lowest BCUT2D eigenvalue weighted by Crippen LogP contribution is -2.37. The van der Waals surface area contributed by atoms with Crippen LogP contribution in [0.3, 0.4) is 0 Å². The topological polar surface area (TPSA) is 87.3 Å². The second-order valence-electron chi connectivity index (χ2n) is 3.72. The van der Waals surface area contributed by atoms with Gasteiger partial charge in [-0.3, -0.25) is 4.79 Å². The van der Waals surface area contributed by atoms with Crippen LogP contribution in [0.1, 0.15) is 5.56 Å². The zero-order valence-corrected chi connectivity index (χ0v) is 10.9. The molecule has 18 heavy (non-hydrogen) atoms. The van der Waals surface area contributed by atoms with Crippen LogP contribution in [0.5, 0.6) is 5.88 Å². The summed E-state index contributed by atoms with van der Waals surface area (Å²) in [7, 11) is 1.29. The molecule has 96 valence electrons. The highest BCUT2D eigenvalue weighted by atomic mass is 32.1. The minimum atomic E-state index is -0.818. The predicted molar refractivity (Wildman–Crippen MR) is 67.6 cm³/mol. The van der Waals surface area contributed by atoms with E-state index in [4.69, 9.17) is 10.5 Å². The van der Waals surface area contributed by atoms with E-state index in [0.29, 0.717) is 5.88 Å². The first-order valence-corrected chi connectivity index (χ1v) is 6.16. The molecule has 2 aromatic heterocycles. The van der Waals surface area contributed by atoms with E-state index in [2.05, 4.69) is 14.7 Å². The summed E-state index contributed by atoms with van der Waals surface area (Å²) in [4.78, 5) is 19.4. The summed E-state index contributed by atoms with van der Waals surface area (Å²) in [6, 6.07) is -0.818. The maximum absolute atomic E-state index is 11.1. The first-order chi connectivity index (χ1) is 8.63. The molecule has 0 bridgehead atoms. The number of carbonyl (C=O) groups is 1. The summed E-state index contributed by atoms with van der Waals surface area (Å²) >= 11 is 1.50. The maximum atomic E-state index is 11.1. The standard InChI is InChI=1S/C11H13N3O3S/c1-6-4-18-9-8(6)13-5-14-10(9)17-3-7(12)11(15)16-2/h4-5,7H,3,12H2,1-2H3. The molecule has 0 saturated heterocycles. The minimum Gasteiger partial charge on any atom is -0.474 e. The van der Waals surface area contributed by atoms with Crippen LogP contribution >= 0.6 is 11.3 Å². The number of aryl methyl sites for hydroxylation is 1. The molecule has 1 atom stereocenters. The van der Waals surface area contributed by atoms with Gasteiger partial charge in [0.25, 0.3) is 0 Å². The molecular weight excluding hydrogens is 254 g/mol. The van der Waals surface area contributed by atoms with E-state index in [9.17, 15) is 4.79 Å². The number of fused-ring (bicyclic) bond motifs is 1. The van der Waals surface area contributed by atoms with Gasteiger partial charge < -0.3 is 15.2 Å². The number of carbonyl (C=O) groups excluding carboxylic acids is 1. The molecule has 0 amide bonds. The fraction of sp³-hybridized carbons (Fsp3) is 0.364. The minimum absolute atomic E-state index is 0.0235. The number of esters is 1. The Morgan fingerprint density at radius 1 is 1.56 bits per heavy atom. The van der Waals surface area contributed by atoms with Gasteiger partial charge in [0.05, 0.1) is 12.6 Å². The first kappa shape index (κ1) is 12.7. The second-order valence-corrected chi connectivity index (χ2v) is 4.60. The molecule has 7 heteroatoms. The van der Waals surface area contributed by atoms with Crippen molar-refractivity contribution >= 4 is 27.5 Å². The molecule has 0 aliphatic heterocycles. The van der Waals surface area contributed by atoms with Gasteiger partial charge in [0.2, 0.25) is 5.88 Å². The van der Waals surface area contributed by atoms with Crippen molar-refractivity contribution in [3.8, 4) is 5.88 Å². The van der Waals surface area contributed by atoms with Crippen LogP contribution in [-0.4, -0.2) is 35.7 Å². The highest BCUT2D eigenvalue weighted by molar-refractivity contribution is 7.17. The van der Waals surface area contributed by atoms with E-state index in [0.717, 1.165) is 15.8 Å². The molecule has 0 saturated carbocycles. The van der Waals surface area contributed by atoms with E-state index >= 15 is 0 Å². The molecule has 1 unspecified atom stereocenters. The Morgan fingerprint density at radius 2 is 2.33 bits per heavy atom. The number of aromatic nitrogens is 2. The van der Waals surface area contributed by atoms with Crippen molar-refractivity contribution in [3.05, 3.63) is 17.3 Å². The molecule has 0 fully saturated rings. The fourth-order valence-corrected chi connectivity index (χ4v) is 2.38. The summed E-state index contributed by atoms with van der Waals surface area (Å²) in [5.74, 6) is -0.0693. The smallest absolute Gasteiger partial charge is 0.326 e. The van der Waals surface area contributed by atoms with Gasteiger partial charge >= 0.3 is 5.97 Å². The number of hydrogen-bond acceptors (Lipinski definition) is 7. The summed E-state index contributed by atoms with van der Waals surface area (Å²) < 4.78 is 10.8. The van der Waals surface area contributed by atoms with Crippen LogP contribution in [0.25, 0.3) is 10.2 Å². The van der Waals surface area contributed by atoms with Gasteiger partial charge in [-0.15, -0.1) is 11.3 Å². The van der Waals surface area contributed by atoms with Crippen molar-refractivity contribution in [1.82, 2.24) is 9.97 Å².